The van der Waals surface area contributed by atoms with E-state index in [1.54, 1.807) is 12.5 Å². The fraction of sp³-hybridized carbons (Fsp3) is 0.353. The first-order valence-corrected chi connectivity index (χ1v) is 7.32. The molecule has 0 saturated carbocycles. The van der Waals surface area contributed by atoms with Crippen molar-refractivity contribution < 1.29 is 4.42 Å². The van der Waals surface area contributed by atoms with Crippen LogP contribution in [0.25, 0.3) is 11.0 Å². The summed E-state index contributed by atoms with van der Waals surface area (Å²) in [6, 6.07) is 8.81. The molecule has 21 heavy (non-hydrogen) atoms. The summed E-state index contributed by atoms with van der Waals surface area (Å²) in [5.74, 6) is 1.04. The summed E-state index contributed by atoms with van der Waals surface area (Å²) in [6.45, 7) is 5.16. The Morgan fingerprint density at radius 1 is 1.33 bits per heavy atom. The zero-order chi connectivity index (χ0) is 14.8. The number of imidazole rings is 1. The predicted octanol–water partition coefficient (Wildman–Crippen LogP) is 3.37. The van der Waals surface area contributed by atoms with Crippen molar-refractivity contribution in [1.29, 1.82) is 0 Å². The number of rotatable bonds is 5. The van der Waals surface area contributed by atoms with Gasteiger partial charge < -0.3 is 14.3 Å². The van der Waals surface area contributed by atoms with E-state index in [0.717, 1.165) is 24.3 Å². The highest BCUT2D eigenvalue weighted by atomic mass is 16.3. The first-order chi connectivity index (χ1) is 10.1. The van der Waals surface area contributed by atoms with Gasteiger partial charge in [0.05, 0.1) is 23.6 Å². The average Bonchev–Trinajstić information content (AvgIpc) is 3.08. The summed E-state index contributed by atoms with van der Waals surface area (Å²) in [4.78, 5) is 4.54. The third kappa shape index (κ3) is 2.85. The van der Waals surface area contributed by atoms with Crippen molar-refractivity contribution in [3.05, 3.63) is 53.7 Å². The highest BCUT2D eigenvalue weighted by Crippen LogP contribution is 2.20. The van der Waals surface area contributed by atoms with E-state index in [1.807, 2.05) is 13.0 Å². The molecular formula is C17H21N3O. The monoisotopic (exact) mass is 283 g/mol. The highest BCUT2D eigenvalue weighted by Gasteiger charge is 2.09. The van der Waals surface area contributed by atoms with Crippen molar-refractivity contribution in [1.82, 2.24) is 14.9 Å². The van der Waals surface area contributed by atoms with Crippen LogP contribution in [0.15, 0.2) is 41.2 Å². The topological polar surface area (TPSA) is 43.0 Å². The molecule has 3 rings (SSSR count). The molecule has 1 aromatic carbocycles. The SMILES string of the molecule is Cc1nc2ccc(C(C)NCCc3ccoc3)cc2n1C. The van der Waals surface area contributed by atoms with E-state index in [0.29, 0.717) is 6.04 Å². The van der Waals surface area contributed by atoms with E-state index in [4.69, 9.17) is 4.42 Å². The molecule has 0 bridgehead atoms. The minimum Gasteiger partial charge on any atom is -0.472 e. The van der Waals surface area contributed by atoms with Crippen molar-refractivity contribution in [2.24, 2.45) is 7.05 Å². The summed E-state index contributed by atoms with van der Waals surface area (Å²) in [5.41, 5.74) is 4.77. The van der Waals surface area contributed by atoms with Crippen LogP contribution in [0.4, 0.5) is 0 Å². The quantitative estimate of drug-likeness (QED) is 0.780. The predicted molar refractivity (Wildman–Crippen MR) is 84.3 cm³/mol. The second kappa shape index (κ2) is 5.74. The number of aryl methyl sites for hydroxylation is 2. The first kappa shape index (κ1) is 13.9. The number of hydrogen-bond acceptors (Lipinski definition) is 3. The Hall–Kier alpha value is -2.07. The molecule has 1 atom stereocenters. The molecule has 1 unspecified atom stereocenters. The molecule has 2 aromatic heterocycles. The summed E-state index contributed by atoms with van der Waals surface area (Å²) in [7, 11) is 2.06. The molecule has 0 aliphatic carbocycles. The largest absolute Gasteiger partial charge is 0.472 e. The van der Waals surface area contributed by atoms with Crippen molar-refractivity contribution in [2.45, 2.75) is 26.3 Å². The number of furan rings is 1. The molecule has 2 heterocycles. The van der Waals surface area contributed by atoms with Crippen molar-refractivity contribution in [2.75, 3.05) is 6.54 Å². The standard InChI is InChI=1S/C17H21N3O/c1-12(18-8-6-14-7-9-21-11-14)15-4-5-16-17(10-15)20(3)13(2)19-16/h4-5,7,9-12,18H,6,8H2,1-3H3. The average molecular weight is 283 g/mol. The minimum atomic E-state index is 0.316. The van der Waals surface area contributed by atoms with Crippen LogP contribution in [-0.2, 0) is 13.5 Å². The van der Waals surface area contributed by atoms with Gasteiger partial charge in [-0.3, -0.25) is 0 Å². The molecule has 0 amide bonds. The van der Waals surface area contributed by atoms with E-state index in [2.05, 4.69) is 47.0 Å². The molecule has 0 aliphatic heterocycles. The fourth-order valence-corrected chi connectivity index (χ4v) is 2.58. The van der Waals surface area contributed by atoms with Crippen molar-refractivity contribution in [3.63, 3.8) is 0 Å². The van der Waals surface area contributed by atoms with E-state index in [-0.39, 0.29) is 0 Å². The lowest BCUT2D eigenvalue weighted by Gasteiger charge is -2.14. The number of aromatic nitrogens is 2. The number of fused-ring (bicyclic) bond motifs is 1. The van der Waals surface area contributed by atoms with Gasteiger partial charge in [0.15, 0.2) is 0 Å². The number of nitrogens with zero attached hydrogens (tertiary/aromatic N) is 2. The Morgan fingerprint density at radius 2 is 2.19 bits per heavy atom. The van der Waals surface area contributed by atoms with Crippen LogP contribution in [-0.4, -0.2) is 16.1 Å². The Bertz CT molecular complexity index is 728. The van der Waals surface area contributed by atoms with Gasteiger partial charge in [-0.1, -0.05) is 6.07 Å². The van der Waals surface area contributed by atoms with E-state index in [1.165, 1.54) is 16.6 Å². The molecule has 0 fully saturated rings. The van der Waals surface area contributed by atoms with Gasteiger partial charge >= 0.3 is 0 Å². The van der Waals surface area contributed by atoms with Gasteiger partial charge in [0.25, 0.3) is 0 Å². The number of hydrogen-bond donors (Lipinski definition) is 1. The van der Waals surface area contributed by atoms with Gasteiger partial charge in [0.2, 0.25) is 0 Å². The molecular weight excluding hydrogens is 262 g/mol. The zero-order valence-corrected chi connectivity index (χ0v) is 12.8. The lowest BCUT2D eigenvalue weighted by molar-refractivity contribution is 0.554. The highest BCUT2D eigenvalue weighted by molar-refractivity contribution is 5.76. The number of benzene rings is 1. The lowest BCUT2D eigenvalue weighted by Crippen LogP contribution is -2.21. The minimum absolute atomic E-state index is 0.316. The van der Waals surface area contributed by atoms with Gasteiger partial charge in [0.1, 0.15) is 5.82 Å². The van der Waals surface area contributed by atoms with Crippen LogP contribution in [0.5, 0.6) is 0 Å². The molecule has 110 valence electrons. The maximum atomic E-state index is 5.08. The molecule has 0 aliphatic rings. The number of nitrogens with one attached hydrogen (secondary N) is 1. The summed E-state index contributed by atoms with van der Waals surface area (Å²) in [5, 5.41) is 3.56. The normalized spacial score (nSPS) is 12.9. The third-order valence-corrected chi connectivity index (χ3v) is 4.07. The third-order valence-electron chi connectivity index (χ3n) is 4.07. The summed E-state index contributed by atoms with van der Waals surface area (Å²) in [6.07, 6.45) is 4.50. The maximum Gasteiger partial charge on any atom is 0.106 e. The van der Waals surface area contributed by atoms with Crippen LogP contribution < -0.4 is 5.32 Å². The smallest absolute Gasteiger partial charge is 0.106 e. The summed E-state index contributed by atoms with van der Waals surface area (Å²) < 4.78 is 7.22. The zero-order valence-electron chi connectivity index (χ0n) is 12.8. The van der Waals surface area contributed by atoms with Crippen LogP contribution in [0.3, 0.4) is 0 Å². The van der Waals surface area contributed by atoms with E-state index in [9.17, 15) is 0 Å². The molecule has 0 saturated heterocycles. The molecule has 4 heteroatoms. The Balaban J connectivity index is 1.69. The molecule has 3 aromatic rings. The van der Waals surface area contributed by atoms with Gasteiger partial charge in [-0.2, -0.15) is 0 Å². The second-order valence-electron chi connectivity index (χ2n) is 5.52. The second-order valence-corrected chi connectivity index (χ2v) is 5.52. The Labute approximate surface area is 124 Å². The first-order valence-electron chi connectivity index (χ1n) is 7.32. The Kier molecular flexibility index (Phi) is 3.80. The Morgan fingerprint density at radius 3 is 2.95 bits per heavy atom. The van der Waals surface area contributed by atoms with Crippen molar-refractivity contribution in [3.8, 4) is 0 Å². The fourth-order valence-electron chi connectivity index (χ4n) is 2.58. The molecule has 0 spiro atoms. The molecule has 1 N–H and O–H groups in total. The van der Waals surface area contributed by atoms with Gasteiger partial charge in [-0.25, -0.2) is 4.98 Å². The van der Waals surface area contributed by atoms with Crippen molar-refractivity contribution >= 4 is 11.0 Å². The van der Waals surface area contributed by atoms with Gasteiger partial charge in [-0.15, -0.1) is 0 Å². The van der Waals surface area contributed by atoms with E-state index < -0.39 is 0 Å². The molecule has 4 nitrogen and oxygen atoms in total. The molecule has 0 radical (unpaired) electrons. The maximum absolute atomic E-state index is 5.08. The lowest BCUT2D eigenvalue weighted by atomic mass is 10.1. The summed E-state index contributed by atoms with van der Waals surface area (Å²) >= 11 is 0. The van der Waals surface area contributed by atoms with Crippen LogP contribution in [0.2, 0.25) is 0 Å². The van der Waals surface area contributed by atoms with Gasteiger partial charge in [0, 0.05) is 13.1 Å². The van der Waals surface area contributed by atoms with E-state index >= 15 is 0 Å². The van der Waals surface area contributed by atoms with Crippen LogP contribution in [0.1, 0.15) is 29.9 Å². The van der Waals surface area contributed by atoms with Crippen LogP contribution >= 0.6 is 0 Å². The van der Waals surface area contributed by atoms with Gasteiger partial charge in [-0.05, 0) is 56.1 Å². The van der Waals surface area contributed by atoms with Crippen LogP contribution in [0, 0.1) is 6.92 Å².